The Morgan fingerprint density at radius 1 is 0.481 bits per heavy atom. The summed E-state index contributed by atoms with van der Waals surface area (Å²) in [5, 5.41) is 0. The van der Waals surface area contributed by atoms with Gasteiger partial charge >= 0.3 is 47.9 Å². The summed E-state index contributed by atoms with van der Waals surface area (Å²) in [4.78, 5) is 0. The van der Waals surface area contributed by atoms with Gasteiger partial charge in [0.15, 0.2) is 0 Å². The molecule has 0 aromatic heterocycles. The Morgan fingerprint density at radius 2 is 0.778 bits per heavy atom. The standard InChI is InChI=1S/C10HF17/c11-2-1-4(14,15)6(18,19)8(22,23)10(26,27)9(24,25)7(20,21)5(16,17)3(12)13/h3H. The maximum atomic E-state index is 13.0. The van der Waals surface area contributed by atoms with Crippen molar-refractivity contribution in [2.24, 2.45) is 0 Å². The third-order valence-electron chi connectivity index (χ3n) is 2.87. The van der Waals surface area contributed by atoms with Crippen LogP contribution in [0.1, 0.15) is 0 Å². The van der Waals surface area contributed by atoms with Gasteiger partial charge in [0.2, 0.25) is 0 Å². The first-order chi connectivity index (χ1) is 11.5. The van der Waals surface area contributed by atoms with Gasteiger partial charge in [-0.3, -0.25) is 0 Å². The minimum absolute atomic E-state index is 0.667. The van der Waals surface area contributed by atoms with Crippen LogP contribution in [0.15, 0.2) is 0 Å². The van der Waals surface area contributed by atoms with Gasteiger partial charge in [0, 0.05) is 5.92 Å². The lowest BCUT2D eigenvalue weighted by Crippen LogP contribution is -2.73. The minimum atomic E-state index is -8.49. The first-order valence-corrected chi connectivity index (χ1v) is 5.56. The molecule has 0 nitrogen and oxygen atoms in total. The quantitative estimate of drug-likeness (QED) is 0.353. The van der Waals surface area contributed by atoms with Crippen LogP contribution in [0.3, 0.4) is 0 Å². The van der Waals surface area contributed by atoms with Crippen molar-refractivity contribution in [2.75, 3.05) is 0 Å². The summed E-state index contributed by atoms with van der Waals surface area (Å²) in [6.45, 7) is 0. The molecular formula is C10HF17. The van der Waals surface area contributed by atoms with E-state index in [4.69, 9.17) is 0 Å². The minimum Gasteiger partial charge on any atom is -0.203 e. The van der Waals surface area contributed by atoms with Crippen LogP contribution in [-0.2, 0) is 0 Å². The second-order valence-corrected chi connectivity index (χ2v) is 4.59. The fraction of sp³-hybridized carbons (Fsp3) is 0.800. The molecule has 0 bridgehead atoms. The van der Waals surface area contributed by atoms with Gasteiger partial charge in [0.05, 0.1) is 0 Å². The van der Waals surface area contributed by atoms with E-state index >= 15 is 0 Å². The molecule has 0 saturated heterocycles. The SMILES string of the molecule is FC#CC(F)(F)C(F)(F)C(F)(F)C(F)(F)C(F)(F)C(F)(F)C(F)(F)C(F)F. The molecule has 0 aliphatic heterocycles. The monoisotopic (exact) mass is 444 g/mol. The molecule has 0 unspecified atom stereocenters. The molecule has 0 aliphatic carbocycles. The maximum absolute atomic E-state index is 13.0. The summed E-state index contributed by atoms with van der Waals surface area (Å²) >= 11 is 0. The molecule has 0 heterocycles. The van der Waals surface area contributed by atoms with Crippen LogP contribution in [0.4, 0.5) is 74.6 Å². The maximum Gasteiger partial charge on any atom is 0.390 e. The van der Waals surface area contributed by atoms with Crippen molar-refractivity contribution in [3.63, 3.8) is 0 Å². The van der Waals surface area contributed by atoms with E-state index in [2.05, 4.69) is 0 Å². The summed E-state index contributed by atoms with van der Waals surface area (Å²) in [6, 6.07) is 0. The Balaban J connectivity index is 6.64. The summed E-state index contributed by atoms with van der Waals surface area (Å²) < 4.78 is 214. The Labute approximate surface area is 136 Å². The van der Waals surface area contributed by atoms with Crippen molar-refractivity contribution in [2.45, 2.75) is 47.9 Å². The number of rotatable bonds is 7. The highest BCUT2D eigenvalue weighted by atomic mass is 19.4. The number of hydrogen-bond donors (Lipinski definition) is 0. The van der Waals surface area contributed by atoms with Crippen LogP contribution in [0.2, 0.25) is 0 Å². The Bertz CT molecular complexity index is 603. The molecule has 0 rings (SSSR count). The fourth-order valence-electron chi connectivity index (χ4n) is 1.27. The molecule has 0 fully saturated rings. The van der Waals surface area contributed by atoms with Gasteiger partial charge in [-0.2, -0.15) is 61.5 Å². The third-order valence-corrected chi connectivity index (χ3v) is 2.87. The normalized spacial score (nSPS) is 15.6. The van der Waals surface area contributed by atoms with Crippen LogP contribution in [0.5, 0.6) is 0 Å². The van der Waals surface area contributed by atoms with Crippen molar-refractivity contribution < 1.29 is 74.6 Å². The first-order valence-electron chi connectivity index (χ1n) is 5.56. The second-order valence-electron chi connectivity index (χ2n) is 4.59. The van der Waals surface area contributed by atoms with Gasteiger partial charge in [-0.15, -0.1) is 4.39 Å². The highest BCUT2D eigenvalue weighted by Gasteiger charge is 2.93. The predicted molar refractivity (Wildman–Crippen MR) is 49.5 cm³/mol. The Morgan fingerprint density at radius 3 is 1.07 bits per heavy atom. The van der Waals surface area contributed by atoms with E-state index in [1.807, 2.05) is 0 Å². The van der Waals surface area contributed by atoms with Gasteiger partial charge in [0.1, 0.15) is 6.17 Å². The topological polar surface area (TPSA) is 0 Å². The molecule has 160 valence electrons. The molecule has 0 aliphatic rings. The predicted octanol–water partition coefficient (Wildman–Crippen LogP) is 5.63. The van der Waals surface area contributed by atoms with Crippen LogP contribution in [0, 0.1) is 12.1 Å². The third kappa shape index (κ3) is 3.13. The van der Waals surface area contributed by atoms with Crippen molar-refractivity contribution >= 4 is 0 Å². The lowest BCUT2D eigenvalue weighted by atomic mass is 9.89. The molecular weight excluding hydrogens is 443 g/mol. The van der Waals surface area contributed by atoms with E-state index in [9.17, 15) is 74.6 Å². The lowest BCUT2D eigenvalue weighted by molar-refractivity contribution is -0.443. The van der Waals surface area contributed by atoms with Crippen molar-refractivity contribution in [1.82, 2.24) is 0 Å². The highest BCUT2D eigenvalue weighted by Crippen LogP contribution is 2.62. The van der Waals surface area contributed by atoms with Gasteiger partial charge in [0.25, 0.3) is 0 Å². The molecule has 0 aromatic rings. The van der Waals surface area contributed by atoms with E-state index in [-0.39, 0.29) is 0 Å². The van der Waals surface area contributed by atoms with Crippen LogP contribution in [0.25, 0.3) is 0 Å². The summed E-state index contributed by atoms with van der Waals surface area (Å²) in [5.41, 5.74) is 0. The molecule has 0 aromatic carbocycles. The summed E-state index contributed by atoms with van der Waals surface area (Å²) in [7, 11) is 0. The largest absolute Gasteiger partial charge is 0.390 e. The van der Waals surface area contributed by atoms with E-state index in [0.29, 0.717) is 0 Å². The van der Waals surface area contributed by atoms with E-state index in [1.165, 1.54) is 0 Å². The molecule has 0 N–H and O–H groups in total. The fourth-order valence-corrected chi connectivity index (χ4v) is 1.27. The van der Waals surface area contributed by atoms with E-state index < -0.39 is 60.0 Å². The van der Waals surface area contributed by atoms with E-state index in [0.717, 1.165) is 0 Å². The molecule has 0 radical (unpaired) electrons. The van der Waals surface area contributed by atoms with Gasteiger partial charge < -0.3 is 0 Å². The van der Waals surface area contributed by atoms with E-state index in [1.54, 1.807) is 0 Å². The van der Waals surface area contributed by atoms with Gasteiger partial charge in [-0.1, -0.05) is 0 Å². The molecule has 0 spiro atoms. The van der Waals surface area contributed by atoms with Crippen molar-refractivity contribution in [3.05, 3.63) is 0 Å². The zero-order chi connectivity index (χ0) is 22.5. The number of halogens is 17. The average molecular weight is 444 g/mol. The lowest BCUT2D eigenvalue weighted by Gasteiger charge is -2.41. The zero-order valence-corrected chi connectivity index (χ0v) is 11.5. The molecule has 0 saturated carbocycles. The van der Waals surface area contributed by atoms with Crippen LogP contribution < -0.4 is 0 Å². The Hall–Kier alpha value is -1.63. The average Bonchev–Trinajstić information content (AvgIpc) is 2.45. The number of alkyl halides is 16. The molecule has 0 atom stereocenters. The number of hydrogen-bond acceptors (Lipinski definition) is 0. The van der Waals surface area contributed by atoms with Crippen molar-refractivity contribution in [1.29, 1.82) is 0 Å². The summed E-state index contributed by atoms with van der Waals surface area (Å²) in [6.07, 6.45) is -6.57. The Kier molecular flexibility index (Phi) is 6.08. The smallest absolute Gasteiger partial charge is 0.203 e. The van der Waals surface area contributed by atoms with Gasteiger partial charge in [-0.25, -0.2) is 8.78 Å². The van der Waals surface area contributed by atoms with Crippen LogP contribution in [-0.4, -0.2) is 47.9 Å². The molecule has 0 amide bonds. The summed E-state index contributed by atoms with van der Waals surface area (Å²) in [5.74, 6) is -56.4. The first kappa shape index (κ1) is 25.4. The zero-order valence-electron chi connectivity index (χ0n) is 11.5. The highest BCUT2D eigenvalue weighted by molar-refractivity contribution is 5.20. The molecule has 17 heteroatoms. The van der Waals surface area contributed by atoms with Gasteiger partial charge in [-0.05, 0) is 0 Å². The second kappa shape index (κ2) is 6.47. The van der Waals surface area contributed by atoms with Crippen molar-refractivity contribution in [3.8, 4) is 12.1 Å². The van der Waals surface area contributed by atoms with Crippen LogP contribution >= 0.6 is 0 Å². The molecule has 27 heavy (non-hydrogen) atoms.